The first-order valence-corrected chi connectivity index (χ1v) is 8.04. The molecule has 3 N–H and O–H groups in total. The third-order valence-corrected chi connectivity index (χ3v) is 3.95. The van der Waals surface area contributed by atoms with Crippen LogP contribution < -0.4 is 10.5 Å². The molecule has 0 saturated heterocycles. The molecule has 0 radical (unpaired) electrons. The van der Waals surface area contributed by atoms with Crippen molar-refractivity contribution in [2.24, 2.45) is 11.1 Å². The Morgan fingerprint density at radius 3 is 2.47 bits per heavy atom. The number of ether oxygens (including phenoxy) is 1. The Bertz CT molecular complexity index is 509. The molecule has 0 bridgehead atoms. The van der Waals surface area contributed by atoms with Crippen LogP contribution in [0.5, 0.6) is 0 Å². The lowest BCUT2D eigenvalue weighted by molar-refractivity contribution is 0.179. The molecule has 1 fully saturated rings. The summed E-state index contributed by atoms with van der Waals surface area (Å²) in [5, 5.41) is 8.44. The van der Waals surface area contributed by atoms with Gasteiger partial charge in [0, 0.05) is 12.8 Å². The summed E-state index contributed by atoms with van der Waals surface area (Å²) in [7, 11) is -1.76. The van der Waals surface area contributed by atoms with Gasteiger partial charge in [0.25, 0.3) is 0 Å². The lowest BCUT2D eigenvalue weighted by Gasteiger charge is -2.18. The maximum absolute atomic E-state index is 11.0. The van der Waals surface area contributed by atoms with Gasteiger partial charge in [0.2, 0.25) is 10.0 Å². The lowest BCUT2D eigenvalue weighted by atomic mass is 10.1. The van der Waals surface area contributed by atoms with Gasteiger partial charge in [0.15, 0.2) is 0 Å². The fourth-order valence-corrected chi connectivity index (χ4v) is 2.77. The average Bonchev–Trinajstić information content (AvgIpc) is 3.13. The van der Waals surface area contributed by atoms with Gasteiger partial charge in [-0.25, -0.2) is 13.6 Å². The minimum atomic E-state index is -3.47. The second kappa shape index (κ2) is 5.90. The van der Waals surface area contributed by atoms with Gasteiger partial charge >= 0.3 is 0 Å². The predicted octanol–water partition coefficient (Wildman–Crippen LogP) is 1.31. The van der Waals surface area contributed by atoms with Crippen LogP contribution in [0, 0.1) is 5.92 Å². The molecular formula is C13H20N2O3S. The summed E-state index contributed by atoms with van der Waals surface area (Å²) >= 11 is 0. The standard InChI is InChI=1S/C13H20N2O3S/c1-18-8-13(11-4-5-11)15-12-6-2-10(3-7-12)9-19(14,16)17/h2-3,6-7,11,13,15H,4-5,8-9H2,1H3,(H2,14,16,17). The van der Waals surface area contributed by atoms with Crippen LogP contribution >= 0.6 is 0 Å². The van der Waals surface area contributed by atoms with Gasteiger partial charge in [-0.2, -0.15) is 0 Å². The summed E-state index contributed by atoms with van der Waals surface area (Å²) in [6, 6.07) is 7.65. The van der Waals surface area contributed by atoms with Crippen LogP contribution in [0.2, 0.25) is 0 Å². The Labute approximate surface area is 114 Å². The Balaban J connectivity index is 1.97. The summed E-state index contributed by atoms with van der Waals surface area (Å²) < 4.78 is 27.2. The lowest BCUT2D eigenvalue weighted by Crippen LogP contribution is -2.27. The van der Waals surface area contributed by atoms with Crippen molar-refractivity contribution in [3.63, 3.8) is 0 Å². The molecule has 0 aromatic heterocycles. The van der Waals surface area contributed by atoms with Crippen molar-refractivity contribution in [3.8, 4) is 0 Å². The molecule has 1 aromatic carbocycles. The molecule has 19 heavy (non-hydrogen) atoms. The highest BCUT2D eigenvalue weighted by Crippen LogP contribution is 2.34. The normalized spacial score (nSPS) is 17.2. The topological polar surface area (TPSA) is 81.4 Å². The molecule has 6 heteroatoms. The van der Waals surface area contributed by atoms with E-state index in [1.807, 2.05) is 12.1 Å². The number of sulfonamides is 1. The highest BCUT2D eigenvalue weighted by molar-refractivity contribution is 7.88. The van der Waals surface area contributed by atoms with Crippen LogP contribution in [0.1, 0.15) is 18.4 Å². The molecule has 0 amide bonds. The summed E-state index contributed by atoms with van der Waals surface area (Å²) in [5.74, 6) is 0.557. The van der Waals surface area contributed by atoms with Gasteiger partial charge in [0.05, 0.1) is 18.4 Å². The van der Waals surface area contributed by atoms with E-state index in [9.17, 15) is 8.42 Å². The molecule has 1 aliphatic carbocycles. The summed E-state index contributed by atoms with van der Waals surface area (Å²) in [6.45, 7) is 0.684. The van der Waals surface area contributed by atoms with E-state index in [4.69, 9.17) is 9.88 Å². The molecule has 0 heterocycles. The highest BCUT2D eigenvalue weighted by atomic mass is 32.2. The Kier molecular flexibility index (Phi) is 4.44. The molecule has 1 unspecified atom stereocenters. The minimum absolute atomic E-state index is 0.128. The number of nitrogens with one attached hydrogen (secondary N) is 1. The second-order valence-corrected chi connectivity index (χ2v) is 6.66. The minimum Gasteiger partial charge on any atom is -0.383 e. The van der Waals surface area contributed by atoms with E-state index in [0.717, 1.165) is 5.69 Å². The van der Waals surface area contributed by atoms with Crippen molar-refractivity contribution >= 4 is 15.7 Å². The molecule has 0 aliphatic heterocycles. The first-order valence-electron chi connectivity index (χ1n) is 6.33. The Hall–Kier alpha value is -1.11. The number of methoxy groups -OCH3 is 1. The van der Waals surface area contributed by atoms with E-state index >= 15 is 0 Å². The van der Waals surface area contributed by atoms with Crippen LogP contribution in [0.25, 0.3) is 0 Å². The maximum Gasteiger partial charge on any atom is 0.213 e. The number of rotatable bonds is 7. The number of anilines is 1. The largest absolute Gasteiger partial charge is 0.383 e. The fourth-order valence-electron chi connectivity index (χ4n) is 2.12. The average molecular weight is 284 g/mol. The number of hydrogen-bond donors (Lipinski definition) is 2. The van der Waals surface area contributed by atoms with Gasteiger partial charge in [-0.15, -0.1) is 0 Å². The zero-order valence-corrected chi connectivity index (χ0v) is 11.8. The van der Waals surface area contributed by atoms with Crippen LogP contribution in [-0.4, -0.2) is 28.2 Å². The van der Waals surface area contributed by atoms with Gasteiger partial charge < -0.3 is 10.1 Å². The van der Waals surface area contributed by atoms with Crippen LogP contribution in [0.4, 0.5) is 5.69 Å². The van der Waals surface area contributed by atoms with E-state index in [-0.39, 0.29) is 5.75 Å². The maximum atomic E-state index is 11.0. The zero-order chi connectivity index (χ0) is 13.9. The van der Waals surface area contributed by atoms with Crippen molar-refractivity contribution in [1.29, 1.82) is 0 Å². The molecule has 1 aromatic rings. The summed E-state index contributed by atoms with van der Waals surface area (Å²) in [4.78, 5) is 0. The van der Waals surface area contributed by atoms with Gasteiger partial charge in [-0.3, -0.25) is 0 Å². The Morgan fingerprint density at radius 2 is 2.00 bits per heavy atom. The number of benzene rings is 1. The number of primary sulfonamides is 1. The van der Waals surface area contributed by atoms with Gasteiger partial charge in [-0.1, -0.05) is 12.1 Å². The molecule has 2 rings (SSSR count). The van der Waals surface area contributed by atoms with Crippen molar-refractivity contribution in [2.75, 3.05) is 19.0 Å². The zero-order valence-electron chi connectivity index (χ0n) is 11.0. The van der Waals surface area contributed by atoms with Crippen molar-refractivity contribution < 1.29 is 13.2 Å². The second-order valence-electron chi connectivity index (χ2n) is 5.05. The third-order valence-electron chi connectivity index (χ3n) is 3.21. The first-order chi connectivity index (χ1) is 8.98. The fraction of sp³-hybridized carbons (Fsp3) is 0.538. The quantitative estimate of drug-likeness (QED) is 0.791. The summed E-state index contributed by atoms with van der Waals surface area (Å²) in [5.41, 5.74) is 1.68. The van der Waals surface area contributed by atoms with Gasteiger partial charge in [0.1, 0.15) is 0 Å². The van der Waals surface area contributed by atoms with E-state index in [0.29, 0.717) is 24.1 Å². The van der Waals surface area contributed by atoms with E-state index in [1.165, 1.54) is 12.8 Å². The molecular weight excluding hydrogens is 264 g/mol. The van der Waals surface area contributed by atoms with Crippen LogP contribution in [0.15, 0.2) is 24.3 Å². The van der Waals surface area contributed by atoms with E-state index in [1.54, 1.807) is 19.2 Å². The monoisotopic (exact) mass is 284 g/mol. The third kappa shape index (κ3) is 4.81. The molecule has 0 spiro atoms. The molecule has 106 valence electrons. The van der Waals surface area contributed by atoms with Crippen molar-refractivity contribution in [3.05, 3.63) is 29.8 Å². The van der Waals surface area contributed by atoms with E-state index in [2.05, 4.69) is 5.32 Å². The van der Waals surface area contributed by atoms with Crippen LogP contribution in [0.3, 0.4) is 0 Å². The van der Waals surface area contributed by atoms with Crippen LogP contribution in [-0.2, 0) is 20.5 Å². The SMILES string of the molecule is COCC(Nc1ccc(CS(N)(=O)=O)cc1)C1CC1. The predicted molar refractivity (Wildman–Crippen MR) is 75.3 cm³/mol. The van der Waals surface area contributed by atoms with Crippen molar-refractivity contribution in [2.45, 2.75) is 24.6 Å². The number of nitrogens with two attached hydrogens (primary N) is 1. The molecule has 5 nitrogen and oxygen atoms in total. The van der Waals surface area contributed by atoms with Gasteiger partial charge in [-0.05, 0) is 36.5 Å². The van der Waals surface area contributed by atoms with Crippen molar-refractivity contribution in [1.82, 2.24) is 0 Å². The summed E-state index contributed by atoms with van der Waals surface area (Å²) in [6.07, 6.45) is 2.48. The smallest absolute Gasteiger partial charge is 0.213 e. The van der Waals surface area contributed by atoms with E-state index < -0.39 is 10.0 Å². The number of hydrogen-bond acceptors (Lipinski definition) is 4. The Morgan fingerprint density at radius 1 is 1.37 bits per heavy atom. The molecule has 1 atom stereocenters. The first kappa shape index (κ1) is 14.3. The molecule has 1 saturated carbocycles. The molecule has 1 aliphatic rings. The highest BCUT2D eigenvalue weighted by Gasteiger charge is 2.30.